The summed E-state index contributed by atoms with van der Waals surface area (Å²) >= 11 is 0. The Morgan fingerprint density at radius 1 is 0.923 bits per heavy atom. The Bertz CT molecular complexity index is 656. The molecule has 26 heavy (non-hydrogen) atoms. The van der Waals surface area contributed by atoms with Gasteiger partial charge in [0.15, 0.2) is 11.6 Å². The average Bonchev–Trinajstić information content (AvgIpc) is 2.69. The van der Waals surface area contributed by atoms with Crippen LogP contribution in [0.3, 0.4) is 0 Å². The Hall–Kier alpha value is -1.12. The van der Waals surface area contributed by atoms with Gasteiger partial charge in [0.25, 0.3) is 0 Å². The molecule has 0 heterocycles. The highest BCUT2D eigenvalue weighted by Crippen LogP contribution is 2.49. The van der Waals surface area contributed by atoms with E-state index in [9.17, 15) is 8.78 Å². The van der Waals surface area contributed by atoms with Crippen molar-refractivity contribution in [3.63, 3.8) is 0 Å². The number of halogens is 2. The molecule has 0 N–H and O–H groups in total. The van der Waals surface area contributed by atoms with E-state index in [1.54, 1.807) is 6.07 Å². The number of aryl methyl sites for hydroxylation is 1. The van der Waals surface area contributed by atoms with Crippen molar-refractivity contribution in [2.24, 2.45) is 29.6 Å². The van der Waals surface area contributed by atoms with Gasteiger partial charge in [-0.25, -0.2) is 4.39 Å². The minimum absolute atomic E-state index is 0.0490. The van der Waals surface area contributed by atoms with Crippen molar-refractivity contribution in [3.8, 4) is 5.75 Å². The van der Waals surface area contributed by atoms with Crippen molar-refractivity contribution in [1.29, 1.82) is 0 Å². The van der Waals surface area contributed by atoms with E-state index in [4.69, 9.17) is 4.74 Å². The van der Waals surface area contributed by atoms with Crippen LogP contribution in [0.1, 0.15) is 69.4 Å². The van der Waals surface area contributed by atoms with Gasteiger partial charge in [0.2, 0.25) is 5.82 Å². The third-order valence-electron chi connectivity index (χ3n) is 7.84. The first-order valence-electron chi connectivity index (χ1n) is 10.6. The molecule has 0 aromatic heterocycles. The molecular weight excluding hydrogens is 330 g/mol. The molecule has 1 nitrogen and oxygen atoms in total. The van der Waals surface area contributed by atoms with Crippen molar-refractivity contribution in [3.05, 3.63) is 28.8 Å². The van der Waals surface area contributed by atoms with E-state index in [0.717, 1.165) is 36.2 Å². The van der Waals surface area contributed by atoms with Gasteiger partial charge in [-0.2, -0.15) is 4.39 Å². The van der Waals surface area contributed by atoms with Crippen LogP contribution < -0.4 is 4.74 Å². The molecule has 0 amide bonds. The molecule has 2 saturated carbocycles. The summed E-state index contributed by atoms with van der Waals surface area (Å²) in [6.45, 7) is 2.33. The lowest BCUT2D eigenvalue weighted by Gasteiger charge is -2.45. The third kappa shape index (κ3) is 3.27. The summed E-state index contributed by atoms with van der Waals surface area (Å²) in [7, 11) is 1.40. The van der Waals surface area contributed by atoms with Crippen LogP contribution in [0.25, 0.3) is 0 Å². The normalized spacial score (nSPS) is 34.1. The second kappa shape index (κ2) is 7.48. The average molecular weight is 363 g/mol. The zero-order chi connectivity index (χ0) is 18.3. The van der Waals surface area contributed by atoms with Gasteiger partial charge < -0.3 is 4.74 Å². The van der Waals surface area contributed by atoms with Crippen molar-refractivity contribution < 1.29 is 13.5 Å². The lowest BCUT2D eigenvalue weighted by atomic mass is 9.61. The van der Waals surface area contributed by atoms with Crippen molar-refractivity contribution in [2.45, 2.75) is 71.1 Å². The number of methoxy groups -OCH3 is 1. The molecule has 5 unspecified atom stereocenters. The lowest BCUT2D eigenvalue weighted by molar-refractivity contribution is 0.0705. The molecular formula is C23H32F2O. The van der Waals surface area contributed by atoms with Crippen LogP contribution in [0.4, 0.5) is 8.78 Å². The van der Waals surface area contributed by atoms with Crippen LogP contribution in [0.5, 0.6) is 5.75 Å². The van der Waals surface area contributed by atoms with Crippen LogP contribution in [-0.4, -0.2) is 7.11 Å². The summed E-state index contributed by atoms with van der Waals surface area (Å²) in [5.41, 5.74) is 1.57. The van der Waals surface area contributed by atoms with Crippen LogP contribution >= 0.6 is 0 Å². The smallest absolute Gasteiger partial charge is 0.200 e. The summed E-state index contributed by atoms with van der Waals surface area (Å²) in [5, 5.41) is 0. The molecule has 3 aliphatic rings. The fourth-order valence-corrected chi connectivity index (χ4v) is 6.21. The van der Waals surface area contributed by atoms with Crippen LogP contribution in [0.2, 0.25) is 0 Å². The van der Waals surface area contributed by atoms with Crippen molar-refractivity contribution in [1.82, 2.24) is 0 Å². The van der Waals surface area contributed by atoms with Gasteiger partial charge in [0, 0.05) is 0 Å². The fraction of sp³-hybridized carbons (Fsp3) is 0.739. The SMILES string of the molecule is CCC1CCC2CC(C3CCc4cc(OC)c(F)c(F)c4C3)CCC2C1. The molecule has 0 aliphatic heterocycles. The summed E-state index contributed by atoms with van der Waals surface area (Å²) in [6, 6.07) is 1.72. The monoisotopic (exact) mass is 362 g/mol. The molecule has 1 aromatic rings. The molecule has 2 fully saturated rings. The van der Waals surface area contributed by atoms with E-state index in [1.807, 2.05) is 0 Å². The largest absolute Gasteiger partial charge is 0.494 e. The minimum atomic E-state index is -0.812. The zero-order valence-corrected chi connectivity index (χ0v) is 16.2. The van der Waals surface area contributed by atoms with Gasteiger partial charge in [-0.1, -0.05) is 19.8 Å². The summed E-state index contributed by atoms with van der Waals surface area (Å²) in [4.78, 5) is 0. The predicted octanol–water partition coefficient (Wildman–Crippen LogP) is 6.32. The molecule has 0 saturated heterocycles. The topological polar surface area (TPSA) is 9.23 Å². The van der Waals surface area contributed by atoms with E-state index in [1.165, 1.54) is 52.1 Å². The first-order valence-corrected chi connectivity index (χ1v) is 10.6. The van der Waals surface area contributed by atoms with Gasteiger partial charge in [0.1, 0.15) is 0 Å². The number of rotatable bonds is 3. The van der Waals surface area contributed by atoms with Gasteiger partial charge >= 0.3 is 0 Å². The molecule has 3 heteroatoms. The number of fused-ring (bicyclic) bond motifs is 2. The first-order chi connectivity index (χ1) is 12.6. The molecule has 4 rings (SSSR count). The van der Waals surface area contributed by atoms with Crippen molar-refractivity contribution >= 4 is 0 Å². The predicted molar refractivity (Wildman–Crippen MR) is 100 cm³/mol. The van der Waals surface area contributed by atoms with Crippen LogP contribution in [-0.2, 0) is 12.8 Å². The van der Waals surface area contributed by atoms with E-state index < -0.39 is 11.6 Å². The highest BCUT2D eigenvalue weighted by atomic mass is 19.2. The van der Waals surface area contributed by atoms with E-state index >= 15 is 0 Å². The molecule has 0 bridgehead atoms. The quantitative estimate of drug-likeness (QED) is 0.611. The Morgan fingerprint density at radius 2 is 1.62 bits per heavy atom. The second-order valence-corrected chi connectivity index (χ2v) is 9.03. The van der Waals surface area contributed by atoms with E-state index in [0.29, 0.717) is 23.8 Å². The van der Waals surface area contributed by atoms with Gasteiger partial charge in [-0.15, -0.1) is 0 Å². The van der Waals surface area contributed by atoms with Crippen molar-refractivity contribution in [2.75, 3.05) is 7.11 Å². The molecule has 1 aromatic carbocycles. The Balaban J connectivity index is 1.46. The molecule has 5 atom stereocenters. The molecule has 0 spiro atoms. The van der Waals surface area contributed by atoms with Crippen LogP contribution in [0, 0.1) is 41.2 Å². The van der Waals surface area contributed by atoms with Gasteiger partial charge in [-0.3, -0.25) is 0 Å². The standard InChI is InChI=1S/C23H32F2O/c1-3-14-4-5-16-11-17(7-6-15(16)10-14)18-8-9-19-13-21(26-2)23(25)22(24)20(19)12-18/h13-18H,3-12H2,1-2H3. The Labute approximate surface area is 156 Å². The lowest BCUT2D eigenvalue weighted by Crippen LogP contribution is -2.35. The highest BCUT2D eigenvalue weighted by Gasteiger charge is 2.39. The summed E-state index contributed by atoms with van der Waals surface area (Å²) in [6.07, 6.45) is 12.2. The number of hydrogen-bond acceptors (Lipinski definition) is 1. The zero-order valence-electron chi connectivity index (χ0n) is 16.2. The van der Waals surface area contributed by atoms with E-state index in [2.05, 4.69) is 6.92 Å². The maximum absolute atomic E-state index is 14.6. The number of ether oxygens (including phenoxy) is 1. The van der Waals surface area contributed by atoms with Gasteiger partial charge in [-0.05, 0) is 98.1 Å². The van der Waals surface area contributed by atoms with Crippen LogP contribution in [0.15, 0.2) is 6.07 Å². The van der Waals surface area contributed by atoms with Gasteiger partial charge in [0.05, 0.1) is 7.11 Å². The maximum atomic E-state index is 14.6. The fourth-order valence-electron chi connectivity index (χ4n) is 6.21. The third-order valence-corrected chi connectivity index (χ3v) is 7.84. The maximum Gasteiger partial charge on any atom is 0.200 e. The summed E-state index contributed by atoms with van der Waals surface area (Å²) < 4.78 is 33.7. The Kier molecular flexibility index (Phi) is 5.25. The number of hydrogen-bond donors (Lipinski definition) is 0. The first kappa shape index (κ1) is 18.3. The minimum Gasteiger partial charge on any atom is -0.494 e. The second-order valence-electron chi connectivity index (χ2n) is 9.03. The number of benzene rings is 1. The molecule has 0 radical (unpaired) electrons. The Morgan fingerprint density at radius 3 is 2.35 bits per heavy atom. The molecule has 3 aliphatic carbocycles. The molecule has 144 valence electrons. The highest BCUT2D eigenvalue weighted by molar-refractivity contribution is 5.40. The van der Waals surface area contributed by atoms with E-state index in [-0.39, 0.29) is 5.75 Å². The summed E-state index contributed by atoms with van der Waals surface area (Å²) in [5.74, 6) is 2.56.